The molecule has 0 fully saturated rings. The highest BCUT2D eigenvalue weighted by Gasteiger charge is 2.29. The van der Waals surface area contributed by atoms with Crippen LogP contribution in [0.3, 0.4) is 0 Å². The zero-order valence-electron chi connectivity index (χ0n) is 18.4. The summed E-state index contributed by atoms with van der Waals surface area (Å²) < 4.78 is 12.3. The van der Waals surface area contributed by atoms with Gasteiger partial charge >= 0.3 is 5.69 Å². The van der Waals surface area contributed by atoms with Crippen molar-refractivity contribution in [2.45, 2.75) is 64.6 Å². The minimum Gasteiger partial charge on any atom is -0.484 e. The molecule has 2 rings (SSSR count). The molecule has 0 aliphatic carbocycles. The molecule has 2 aromatic rings. The molecule has 0 amide bonds. The molecular weight excluding hydrogens is 398 g/mol. The molecule has 2 aromatic carbocycles. The average Bonchev–Trinajstić information content (AvgIpc) is 2.60. The van der Waals surface area contributed by atoms with Gasteiger partial charge in [0, 0.05) is 6.07 Å². The summed E-state index contributed by atoms with van der Waals surface area (Å²) in [6, 6.07) is 15.9. The molecule has 7 heteroatoms. The maximum absolute atomic E-state index is 11.6. The van der Waals surface area contributed by atoms with Crippen LogP contribution in [0.15, 0.2) is 48.5 Å². The molecule has 1 atom stereocenters. The fourth-order valence-corrected chi connectivity index (χ4v) is 11.6. The molecule has 0 N–H and O–H groups in total. The Balaban J connectivity index is 2.01. The quantitative estimate of drug-likeness (QED) is 0.234. The van der Waals surface area contributed by atoms with Crippen LogP contribution >= 0.6 is 0 Å². The Bertz CT molecular complexity index is 819. The van der Waals surface area contributed by atoms with Gasteiger partial charge < -0.3 is 8.85 Å². The van der Waals surface area contributed by atoms with Gasteiger partial charge in [-0.3, -0.25) is 10.1 Å². The lowest BCUT2D eigenvalue weighted by Gasteiger charge is -2.31. The molecule has 0 radical (unpaired) electrons. The summed E-state index contributed by atoms with van der Waals surface area (Å²) in [5, 5.41) is 11.6. The van der Waals surface area contributed by atoms with E-state index >= 15 is 0 Å². The van der Waals surface area contributed by atoms with E-state index in [1.165, 1.54) is 0 Å². The standard InChI is InChI=1S/C22H33NO4Si2/c1-18(11-10-16-29(5,6)27-28(2,3)4)26-22-15-14-20(17-21(22)23(24)25)19-12-8-7-9-13-19/h7-9,12-15,17-18H,10-11,16H2,1-6H3/t18-/m0/s1. The van der Waals surface area contributed by atoms with Crippen molar-refractivity contribution in [2.24, 2.45) is 0 Å². The van der Waals surface area contributed by atoms with E-state index in [0.717, 1.165) is 30.0 Å². The lowest BCUT2D eigenvalue weighted by molar-refractivity contribution is -0.386. The largest absolute Gasteiger partial charge is 0.484 e. The molecule has 0 saturated carbocycles. The van der Waals surface area contributed by atoms with Gasteiger partial charge in [-0.05, 0) is 69.3 Å². The smallest absolute Gasteiger partial charge is 0.311 e. The van der Waals surface area contributed by atoms with Crippen molar-refractivity contribution < 1.29 is 13.8 Å². The first-order valence-electron chi connectivity index (χ1n) is 10.2. The second-order valence-corrected chi connectivity index (χ2v) is 18.2. The Morgan fingerprint density at radius 2 is 1.66 bits per heavy atom. The van der Waals surface area contributed by atoms with Crippen molar-refractivity contribution in [1.82, 2.24) is 0 Å². The Morgan fingerprint density at radius 3 is 2.24 bits per heavy atom. The Hall–Kier alpha value is -1.97. The summed E-state index contributed by atoms with van der Waals surface area (Å²) in [6.07, 6.45) is 1.76. The summed E-state index contributed by atoms with van der Waals surface area (Å²) in [7, 11) is -3.20. The van der Waals surface area contributed by atoms with Crippen molar-refractivity contribution in [1.29, 1.82) is 0 Å². The minimum absolute atomic E-state index is 0.00924. The summed E-state index contributed by atoms with van der Waals surface area (Å²) in [4.78, 5) is 11.2. The second kappa shape index (κ2) is 9.69. The molecule has 0 spiro atoms. The van der Waals surface area contributed by atoms with Gasteiger partial charge in [-0.15, -0.1) is 0 Å². The van der Waals surface area contributed by atoms with Crippen LogP contribution in [0.1, 0.15) is 19.8 Å². The first kappa shape index (κ1) is 23.3. The summed E-state index contributed by atoms with van der Waals surface area (Å²) in [5.41, 5.74) is 1.77. The lowest BCUT2D eigenvalue weighted by Crippen LogP contribution is -2.42. The molecular formula is C22H33NO4Si2. The van der Waals surface area contributed by atoms with Crippen molar-refractivity contribution in [2.75, 3.05) is 0 Å². The number of hydrogen-bond acceptors (Lipinski definition) is 4. The molecule has 0 saturated heterocycles. The zero-order chi connectivity index (χ0) is 21.7. The van der Waals surface area contributed by atoms with Crippen LogP contribution in [0.4, 0.5) is 5.69 Å². The first-order chi connectivity index (χ1) is 13.5. The van der Waals surface area contributed by atoms with E-state index in [0.29, 0.717) is 5.75 Å². The van der Waals surface area contributed by atoms with Crippen LogP contribution in [0.25, 0.3) is 11.1 Å². The molecule has 29 heavy (non-hydrogen) atoms. The highest BCUT2D eigenvalue weighted by Crippen LogP contribution is 2.33. The number of nitro benzene ring substituents is 1. The maximum Gasteiger partial charge on any atom is 0.311 e. The highest BCUT2D eigenvalue weighted by molar-refractivity contribution is 6.84. The summed E-state index contributed by atoms with van der Waals surface area (Å²) in [6.45, 7) is 13.2. The zero-order valence-corrected chi connectivity index (χ0v) is 20.4. The van der Waals surface area contributed by atoms with Crippen molar-refractivity contribution in [3.8, 4) is 16.9 Å². The van der Waals surface area contributed by atoms with Crippen molar-refractivity contribution >= 4 is 22.3 Å². The van der Waals surface area contributed by atoms with Crippen LogP contribution in [0.5, 0.6) is 5.75 Å². The van der Waals surface area contributed by atoms with Gasteiger partial charge in [0.2, 0.25) is 0 Å². The van der Waals surface area contributed by atoms with Crippen LogP contribution in [-0.2, 0) is 4.12 Å². The third kappa shape index (κ3) is 7.76. The molecule has 0 heterocycles. The van der Waals surface area contributed by atoms with E-state index < -0.39 is 16.6 Å². The number of nitrogens with zero attached hydrogens (tertiary/aromatic N) is 1. The lowest BCUT2D eigenvalue weighted by atomic mass is 10.0. The summed E-state index contributed by atoms with van der Waals surface area (Å²) in [5.74, 6) is 0.331. The van der Waals surface area contributed by atoms with Gasteiger partial charge in [0.25, 0.3) is 0 Å². The normalized spacial score (nSPS) is 13.2. The van der Waals surface area contributed by atoms with Gasteiger partial charge in [-0.25, -0.2) is 0 Å². The minimum atomic E-state index is -1.67. The Morgan fingerprint density at radius 1 is 1.00 bits per heavy atom. The maximum atomic E-state index is 11.6. The molecule has 5 nitrogen and oxygen atoms in total. The fraction of sp³-hybridized carbons (Fsp3) is 0.455. The average molecular weight is 432 g/mol. The van der Waals surface area contributed by atoms with E-state index in [2.05, 4.69) is 32.7 Å². The fourth-order valence-electron chi connectivity index (χ4n) is 3.54. The molecule has 0 unspecified atom stereocenters. The van der Waals surface area contributed by atoms with Gasteiger partial charge in [-0.1, -0.05) is 42.8 Å². The molecule has 158 valence electrons. The molecule has 0 aliphatic heterocycles. The number of ether oxygens (including phenoxy) is 1. The van der Waals surface area contributed by atoms with Gasteiger partial charge in [0.05, 0.1) is 11.0 Å². The molecule has 0 bridgehead atoms. The van der Waals surface area contributed by atoms with Gasteiger partial charge in [0.15, 0.2) is 22.4 Å². The topological polar surface area (TPSA) is 61.6 Å². The van der Waals surface area contributed by atoms with E-state index in [4.69, 9.17) is 8.85 Å². The Kier molecular flexibility index (Phi) is 7.79. The van der Waals surface area contributed by atoms with Crippen LogP contribution < -0.4 is 4.74 Å². The van der Waals surface area contributed by atoms with E-state index in [9.17, 15) is 10.1 Å². The predicted molar refractivity (Wildman–Crippen MR) is 125 cm³/mol. The monoisotopic (exact) mass is 431 g/mol. The molecule has 0 aromatic heterocycles. The van der Waals surface area contributed by atoms with Crippen LogP contribution in [0, 0.1) is 10.1 Å². The second-order valence-electron chi connectivity index (χ2n) is 9.10. The first-order valence-corrected chi connectivity index (χ1v) is 16.7. The van der Waals surface area contributed by atoms with Gasteiger partial charge in [-0.2, -0.15) is 0 Å². The third-order valence-corrected chi connectivity index (χ3v) is 10.8. The Labute approximate surface area is 176 Å². The van der Waals surface area contributed by atoms with Crippen molar-refractivity contribution in [3.63, 3.8) is 0 Å². The third-order valence-electron chi connectivity index (χ3n) is 4.56. The summed E-state index contributed by atoms with van der Waals surface area (Å²) >= 11 is 0. The number of rotatable bonds is 10. The van der Waals surface area contributed by atoms with Crippen LogP contribution in [0.2, 0.25) is 38.8 Å². The number of benzene rings is 2. The van der Waals surface area contributed by atoms with E-state index in [-0.39, 0.29) is 16.7 Å². The van der Waals surface area contributed by atoms with Gasteiger partial charge in [0.1, 0.15) is 0 Å². The molecule has 0 aliphatic rings. The predicted octanol–water partition coefficient (Wildman–Crippen LogP) is 6.87. The SMILES string of the molecule is C[C@@H](CCC[Si](C)(C)O[Si](C)(C)C)Oc1ccc(-c2ccccc2)cc1[N+](=O)[O-]. The van der Waals surface area contributed by atoms with Crippen LogP contribution in [-0.4, -0.2) is 27.7 Å². The van der Waals surface area contributed by atoms with Crippen molar-refractivity contribution in [3.05, 3.63) is 58.6 Å². The van der Waals surface area contributed by atoms with E-state index in [1.54, 1.807) is 12.1 Å². The number of hydrogen-bond donors (Lipinski definition) is 0. The number of nitro groups is 1. The highest BCUT2D eigenvalue weighted by atomic mass is 28.4. The van der Waals surface area contributed by atoms with E-state index in [1.807, 2.05) is 43.3 Å².